The Labute approximate surface area is 145 Å². The summed E-state index contributed by atoms with van der Waals surface area (Å²) in [6.07, 6.45) is 4.93. The summed E-state index contributed by atoms with van der Waals surface area (Å²) in [5.41, 5.74) is 2.20. The van der Waals surface area contributed by atoms with E-state index in [1.54, 1.807) is 30.6 Å². The highest BCUT2D eigenvalue weighted by Crippen LogP contribution is 2.25. The number of anilines is 1. The standard InChI is InChI=1S/C18H18N4O3/c1-19-8-9-22(2)18-21-16-10-14(6-7-17(16)25-18)24-12-13-4-5-15(23-3)11-20-13/h4-11H,1,12H2,2-3H3/b9-8-. The first-order chi connectivity index (χ1) is 12.2. The van der Waals surface area contributed by atoms with Crippen molar-refractivity contribution in [3.8, 4) is 11.5 Å². The number of aromatic nitrogens is 2. The van der Waals surface area contributed by atoms with Crippen molar-refractivity contribution in [1.82, 2.24) is 9.97 Å². The van der Waals surface area contributed by atoms with Crippen LogP contribution in [-0.2, 0) is 6.61 Å². The Morgan fingerprint density at radius 3 is 2.84 bits per heavy atom. The molecule has 0 aliphatic heterocycles. The number of benzene rings is 1. The maximum absolute atomic E-state index is 5.77. The Morgan fingerprint density at radius 1 is 1.28 bits per heavy atom. The minimum Gasteiger partial charge on any atom is -0.495 e. The van der Waals surface area contributed by atoms with Gasteiger partial charge in [-0.25, -0.2) is 0 Å². The second-order valence-corrected chi connectivity index (χ2v) is 5.20. The minimum absolute atomic E-state index is 0.355. The van der Waals surface area contributed by atoms with E-state index >= 15 is 0 Å². The molecule has 0 saturated carbocycles. The molecule has 0 amide bonds. The Bertz CT molecular complexity index is 887. The summed E-state index contributed by atoms with van der Waals surface area (Å²) >= 11 is 0. The molecule has 0 unspecified atom stereocenters. The van der Waals surface area contributed by atoms with Gasteiger partial charge in [-0.15, -0.1) is 0 Å². The Kier molecular flexibility index (Phi) is 4.94. The monoisotopic (exact) mass is 338 g/mol. The lowest BCUT2D eigenvalue weighted by molar-refractivity contribution is 0.301. The summed E-state index contributed by atoms with van der Waals surface area (Å²) in [5.74, 6) is 1.40. The van der Waals surface area contributed by atoms with E-state index in [2.05, 4.69) is 21.7 Å². The molecule has 3 aromatic rings. The number of hydrogen-bond donors (Lipinski definition) is 0. The molecule has 0 saturated heterocycles. The molecule has 7 heteroatoms. The molecule has 128 valence electrons. The van der Waals surface area contributed by atoms with E-state index < -0.39 is 0 Å². The lowest BCUT2D eigenvalue weighted by atomic mass is 10.3. The summed E-state index contributed by atoms with van der Waals surface area (Å²) in [4.78, 5) is 14.1. The van der Waals surface area contributed by atoms with Gasteiger partial charge >= 0.3 is 6.01 Å². The predicted molar refractivity (Wildman–Crippen MR) is 96.2 cm³/mol. The highest BCUT2D eigenvalue weighted by Gasteiger charge is 2.09. The zero-order valence-corrected chi connectivity index (χ0v) is 14.0. The molecule has 0 fully saturated rings. The van der Waals surface area contributed by atoms with Crippen molar-refractivity contribution in [2.75, 3.05) is 19.1 Å². The van der Waals surface area contributed by atoms with Crippen LogP contribution >= 0.6 is 0 Å². The normalized spacial score (nSPS) is 11.0. The van der Waals surface area contributed by atoms with Crippen LogP contribution in [0, 0.1) is 0 Å². The van der Waals surface area contributed by atoms with E-state index in [0.29, 0.717) is 35.2 Å². The van der Waals surface area contributed by atoms with Gasteiger partial charge in [0.1, 0.15) is 23.6 Å². The van der Waals surface area contributed by atoms with E-state index in [9.17, 15) is 0 Å². The van der Waals surface area contributed by atoms with Crippen molar-refractivity contribution >= 4 is 23.8 Å². The average molecular weight is 338 g/mol. The highest BCUT2D eigenvalue weighted by molar-refractivity contribution is 5.76. The summed E-state index contributed by atoms with van der Waals surface area (Å²) in [6, 6.07) is 9.66. The molecular weight excluding hydrogens is 320 g/mol. The van der Waals surface area contributed by atoms with Crippen LogP contribution in [-0.4, -0.2) is 30.8 Å². The van der Waals surface area contributed by atoms with Crippen molar-refractivity contribution in [1.29, 1.82) is 0 Å². The van der Waals surface area contributed by atoms with Crippen LogP contribution in [0.25, 0.3) is 11.1 Å². The molecule has 0 aliphatic rings. The van der Waals surface area contributed by atoms with Crippen LogP contribution in [0.5, 0.6) is 11.5 Å². The van der Waals surface area contributed by atoms with Crippen LogP contribution < -0.4 is 14.4 Å². The topological polar surface area (TPSA) is 73.0 Å². The number of pyridine rings is 1. The van der Waals surface area contributed by atoms with Gasteiger partial charge < -0.3 is 18.8 Å². The fourth-order valence-electron chi connectivity index (χ4n) is 2.12. The number of fused-ring (bicyclic) bond motifs is 1. The quantitative estimate of drug-likeness (QED) is 0.615. The van der Waals surface area contributed by atoms with Crippen LogP contribution in [0.4, 0.5) is 6.01 Å². The van der Waals surface area contributed by atoms with Crippen molar-refractivity contribution in [3.63, 3.8) is 0 Å². The van der Waals surface area contributed by atoms with E-state index in [1.807, 2.05) is 37.4 Å². The molecule has 7 nitrogen and oxygen atoms in total. The van der Waals surface area contributed by atoms with Crippen LogP contribution in [0.15, 0.2) is 58.3 Å². The van der Waals surface area contributed by atoms with Gasteiger partial charge in [0.2, 0.25) is 0 Å². The fraction of sp³-hybridized carbons (Fsp3) is 0.167. The summed E-state index contributed by atoms with van der Waals surface area (Å²) in [6.45, 7) is 3.75. The van der Waals surface area contributed by atoms with Crippen molar-refractivity contribution in [2.45, 2.75) is 6.61 Å². The number of methoxy groups -OCH3 is 1. The fourth-order valence-corrected chi connectivity index (χ4v) is 2.12. The maximum atomic E-state index is 5.77. The van der Waals surface area contributed by atoms with Gasteiger partial charge in [-0.05, 0) is 31.0 Å². The first-order valence-electron chi connectivity index (χ1n) is 7.57. The summed E-state index contributed by atoms with van der Waals surface area (Å²) < 4.78 is 16.5. The van der Waals surface area contributed by atoms with Crippen molar-refractivity contribution < 1.29 is 13.9 Å². The van der Waals surface area contributed by atoms with E-state index in [4.69, 9.17) is 13.9 Å². The molecule has 1 aromatic carbocycles. The Balaban J connectivity index is 1.71. The highest BCUT2D eigenvalue weighted by atomic mass is 16.5. The number of hydrogen-bond acceptors (Lipinski definition) is 7. The first kappa shape index (κ1) is 16.5. The predicted octanol–water partition coefficient (Wildman–Crippen LogP) is 3.42. The number of rotatable bonds is 7. The molecule has 0 N–H and O–H groups in total. The zero-order chi connectivity index (χ0) is 17.6. The zero-order valence-electron chi connectivity index (χ0n) is 14.0. The van der Waals surface area contributed by atoms with Gasteiger partial charge in [-0.3, -0.25) is 9.98 Å². The maximum Gasteiger partial charge on any atom is 0.302 e. The summed E-state index contributed by atoms with van der Waals surface area (Å²) in [7, 11) is 3.43. The van der Waals surface area contributed by atoms with Crippen LogP contribution in [0.1, 0.15) is 5.69 Å². The molecule has 3 rings (SSSR count). The van der Waals surface area contributed by atoms with E-state index in [0.717, 1.165) is 5.69 Å². The van der Waals surface area contributed by atoms with Gasteiger partial charge in [0.05, 0.1) is 19.0 Å². The van der Waals surface area contributed by atoms with Gasteiger partial charge in [0.15, 0.2) is 5.58 Å². The second kappa shape index (κ2) is 7.48. The van der Waals surface area contributed by atoms with Gasteiger partial charge in [-0.2, -0.15) is 4.98 Å². The van der Waals surface area contributed by atoms with Gasteiger partial charge in [0.25, 0.3) is 0 Å². The smallest absolute Gasteiger partial charge is 0.302 e. The van der Waals surface area contributed by atoms with Crippen LogP contribution in [0.2, 0.25) is 0 Å². The second-order valence-electron chi connectivity index (χ2n) is 5.20. The van der Waals surface area contributed by atoms with Crippen molar-refractivity contribution in [3.05, 3.63) is 54.6 Å². The first-order valence-corrected chi connectivity index (χ1v) is 7.57. The van der Waals surface area contributed by atoms with Gasteiger partial charge in [0, 0.05) is 25.5 Å². The lowest BCUT2D eigenvalue weighted by Crippen LogP contribution is -2.07. The number of aliphatic imine (C=N–C) groups is 1. The third-order valence-corrected chi connectivity index (χ3v) is 3.47. The number of oxazole rings is 1. The Hall–Kier alpha value is -3.35. The largest absolute Gasteiger partial charge is 0.495 e. The molecule has 2 aromatic heterocycles. The molecule has 0 atom stereocenters. The van der Waals surface area contributed by atoms with Crippen molar-refractivity contribution in [2.24, 2.45) is 4.99 Å². The minimum atomic E-state index is 0.355. The third kappa shape index (κ3) is 3.95. The van der Waals surface area contributed by atoms with E-state index in [1.165, 1.54) is 0 Å². The average Bonchev–Trinajstić information content (AvgIpc) is 3.08. The number of ether oxygens (including phenoxy) is 2. The molecular formula is C18H18N4O3. The molecule has 0 bridgehead atoms. The molecule has 2 heterocycles. The number of nitrogens with zero attached hydrogens (tertiary/aromatic N) is 4. The van der Waals surface area contributed by atoms with Gasteiger partial charge in [-0.1, -0.05) is 0 Å². The lowest BCUT2D eigenvalue weighted by Gasteiger charge is -2.06. The Morgan fingerprint density at radius 2 is 2.12 bits per heavy atom. The molecule has 0 spiro atoms. The molecule has 25 heavy (non-hydrogen) atoms. The third-order valence-electron chi connectivity index (χ3n) is 3.47. The SMILES string of the molecule is C=N/C=C\N(C)c1nc2cc(OCc3ccc(OC)cn3)ccc2o1. The summed E-state index contributed by atoms with van der Waals surface area (Å²) in [5, 5.41) is 0. The molecule has 0 radical (unpaired) electrons. The van der Waals surface area contributed by atoms with E-state index in [-0.39, 0.29) is 0 Å². The van der Waals surface area contributed by atoms with Crippen LogP contribution in [0.3, 0.4) is 0 Å². The molecule has 0 aliphatic carbocycles.